The third-order valence-electron chi connectivity index (χ3n) is 3.52. The first-order chi connectivity index (χ1) is 11.3. The average molecular weight is 350 g/mol. The number of ether oxygens (including phenoxy) is 2. The molecule has 0 saturated carbocycles. The van der Waals surface area contributed by atoms with Gasteiger partial charge in [0.15, 0.2) is 11.5 Å². The van der Waals surface area contributed by atoms with Gasteiger partial charge in [-0.3, -0.25) is 10.1 Å². The van der Waals surface area contributed by atoms with Crippen LogP contribution in [0, 0.1) is 10.1 Å². The molecule has 1 aromatic rings. The summed E-state index contributed by atoms with van der Waals surface area (Å²) in [5.41, 5.74) is -1.16. The largest absolute Gasteiger partial charge is 0.446 e. The van der Waals surface area contributed by atoms with Crippen LogP contribution in [0.4, 0.5) is 13.2 Å². The van der Waals surface area contributed by atoms with Gasteiger partial charge in [-0.1, -0.05) is 0 Å². The van der Waals surface area contributed by atoms with E-state index in [-0.39, 0.29) is 31.3 Å². The standard InChI is InChI=1S/C12H13F3N4O5/c13-12(14,15)8-5-22-10(17-8)4-18-7-11(23-1-2-24-11)6-16-9(18)3-19(20)21/h3,5,16H,1-2,4,6-7H2/b9-3+. The number of nitro groups is 1. The van der Waals surface area contributed by atoms with Gasteiger partial charge in [0.2, 0.25) is 11.7 Å². The molecule has 2 aliphatic heterocycles. The fourth-order valence-corrected chi connectivity index (χ4v) is 2.50. The van der Waals surface area contributed by atoms with Crippen molar-refractivity contribution in [3.05, 3.63) is 40.0 Å². The lowest BCUT2D eigenvalue weighted by Crippen LogP contribution is -2.57. The topological polar surface area (TPSA) is 103 Å². The minimum absolute atomic E-state index is 0.0867. The van der Waals surface area contributed by atoms with Gasteiger partial charge in [0.05, 0.1) is 37.8 Å². The van der Waals surface area contributed by atoms with Gasteiger partial charge < -0.3 is 24.1 Å². The molecule has 1 spiro atoms. The Morgan fingerprint density at radius 3 is 2.75 bits per heavy atom. The van der Waals surface area contributed by atoms with Crippen molar-refractivity contribution < 1.29 is 32.0 Å². The third-order valence-corrected chi connectivity index (χ3v) is 3.52. The average Bonchev–Trinajstić information content (AvgIpc) is 3.11. The third kappa shape index (κ3) is 3.43. The second kappa shape index (κ2) is 5.94. The second-order valence-corrected chi connectivity index (χ2v) is 5.24. The zero-order valence-electron chi connectivity index (χ0n) is 12.2. The molecule has 0 atom stereocenters. The normalized spacial score (nSPS) is 22.1. The zero-order chi connectivity index (χ0) is 17.4. The van der Waals surface area contributed by atoms with Crippen molar-refractivity contribution in [1.82, 2.24) is 15.2 Å². The summed E-state index contributed by atoms with van der Waals surface area (Å²) >= 11 is 0. The van der Waals surface area contributed by atoms with Crippen molar-refractivity contribution >= 4 is 0 Å². The van der Waals surface area contributed by atoms with Gasteiger partial charge in [0.25, 0.3) is 6.20 Å². The SMILES string of the molecule is O=[N+]([O-])/C=C1\NCC2(CN1Cc1nc(C(F)(F)F)co1)OCCO2. The van der Waals surface area contributed by atoms with E-state index in [0.717, 1.165) is 6.20 Å². The smallest absolute Gasteiger partial charge is 0.436 e. The Balaban J connectivity index is 1.80. The monoisotopic (exact) mass is 350 g/mol. The van der Waals surface area contributed by atoms with Crippen LogP contribution < -0.4 is 5.32 Å². The quantitative estimate of drug-likeness (QED) is 0.634. The van der Waals surface area contributed by atoms with Crippen molar-refractivity contribution in [2.75, 3.05) is 26.3 Å². The lowest BCUT2D eigenvalue weighted by molar-refractivity contribution is -0.405. The van der Waals surface area contributed by atoms with E-state index in [2.05, 4.69) is 10.3 Å². The number of rotatable bonds is 3. The summed E-state index contributed by atoms with van der Waals surface area (Å²) in [4.78, 5) is 14.8. The van der Waals surface area contributed by atoms with E-state index < -0.39 is 22.6 Å². The molecule has 1 N–H and O–H groups in total. The van der Waals surface area contributed by atoms with Gasteiger partial charge >= 0.3 is 6.18 Å². The van der Waals surface area contributed by atoms with Crippen LogP contribution in [0.2, 0.25) is 0 Å². The van der Waals surface area contributed by atoms with E-state index >= 15 is 0 Å². The number of hydrogen-bond acceptors (Lipinski definition) is 8. The number of nitrogens with zero attached hydrogens (tertiary/aromatic N) is 3. The highest BCUT2D eigenvalue weighted by Crippen LogP contribution is 2.30. The lowest BCUT2D eigenvalue weighted by Gasteiger charge is -2.40. The number of alkyl halides is 3. The zero-order valence-corrected chi connectivity index (χ0v) is 12.2. The number of aromatic nitrogens is 1. The summed E-state index contributed by atoms with van der Waals surface area (Å²) in [5, 5.41) is 13.5. The van der Waals surface area contributed by atoms with Gasteiger partial charge in [-0.25, -0.2) is 4.98 Å². The van der Waals surface area contributed by atoms with Gasteiger partial charge in [-0.2, -0.15) is 13.2 Å². The molecule has 0 amide bonds. The Morgan fingerprint density at radius 2 is 2.17 bits per heavy atom. The molecule has 0 aromatic carbocycles. The van der Waals surface area contributed by atoms with Gasteiger partial charge in [0, 0.05) is 0 Å². The van der Waals surface area contributed by atoms with Crippen molar-refractivity contribution in [2.45, 2.75) is 18.5 Å². The summed E-state index contributed by atoms with van der Waals surface area (Å²) in [6, 6.07) is 0. The predicted molar refractivity (Wildman–Crippen MR) is 69.6 cm³/mol. The molecule has 2 fully saturated rings. The van der Waals surface area contributed by atoms with Crippen LogP contribution in [0.25, 0.3) is 0 Å². The number of halogens is 3. The van der Waals surface area contributed by atoms with E-state index in [1.54, 1.807) is 0 Å². The number of oxazole rings is 1. The van der Waals surface area contributed by atoms with Crippen LogP contribution in [-0.4, -0.2) is 46.9 Å². The molecular formula is C12H13F3N4O5. The number of hydrogen-bond donors (Lipinski definition) is 1. The first-order valence-electron chi connectivity index (χ1n) is 6.91. The highest BCUT2D eigenvalue weighted by atomic mass is 19.4. The molecule has 0 bridgehead atoms. The van der Waals surface area contributed by atoms with E-state index in [0.29, 0.717) is 19.5 Å². The van der Waals surface area contributed by atoms with Crippen LogP contribution >= 0.6 is 0 Å². The van der Waals surface area contributed by atoms with E-state index in [1.807, 2.05) is 0 Å². The van der Waals surface area contributed by atoms with E-state index in [9.17, 15) is 23.3 Å². The first-order valence-corrected chi connectivity index (χ1v) is 6.91. The van der Waals surface area contributed by atoms with E-state index in [4.69, 9.17) is 13.9 Å². The molecule has 12 heteroatoms. The Hall–Kier alpha value is -2.34. The molecule has 9 nitrogen and oxygen atoms in total. The Bertz CT molecular complexity index is 653. The van der Waals surface area contributed by atoms with Crippen molar-refractivity contribution in [2.24, 2.45) is 0 Å². The first kappa shape index (κ1) is 16.5. The summed E-state index contributed by atoms with van der Waals surface area (Å²) in [6.07, 6.45) is -3.41. The number of nitrogens with one attached hydrogen (secondary N) is 1. The van der Waals surface area contributed by atoms with E-state index in [1.165, 1.54) is 4.90 Å². The predicted octanol–water partition coefficient (Wildman–Crippen LogP) is 0.917. The lowest BCUT2D eigenvalue weighted by atomic mass is 10.2. The maximum absolute atomic E-state index is 12.6. The van der Waals surface area contributed by atoms with Gasteiger partial charge in [-0.05, 0) is 0 Å². The van der Waals surface area contributed by atoms with Crippen LogP contribution in [0.3, 0.4) is 0 Å². The highest BCUT2D eigenvalue weighted by Gasteiger charge is 2.43. The molecular weight excluding hydrogens is 337 g/mol. The molecule has 132 valence electrons. The fraction of sp³-hybridized carbons (Fsp3) is 0.583. The maximum Gasteiger partial charge on any atom is 0.436 e. The van der Waals surface area contributed by atoms with Crippen LogP contribution in [0.1, 0.15) is 11.6 Å². The molecule has 2 aliphatic rings. The molecule has 2 saturated heterocycles. The summed E-state index contributed by atoms with van der Waals surface area (Å²) in [5.74, 6) is -1.13. The second-order valence-electron chi connectivity index (χ2n) is 5.24. The molecule has 0 radical (unpaired) electrons. The minimum atomic E-state index is -4.62. The maximum atomic E-state index is 12.6. The minimum Gasteiger partial charge on any atom is -0.446 e. The molecule has 24 heavy (non-hydrogen) atoms. The molecule has 0 unspecified atom stereocenters. The summed E-state index contributed by atoms with van der Waals surface area (Å²) in [7, 11) is 0. The van der Waals surface area contributed by atoms with Crippen LogP contribution in [-0.2, 0) is 22.2 Å². The summed E-state index contributed by atoms with van der Waals surface area (Å²) in [6.45, 7) is 0.783. The molecule has 3 rings (SSSR count). The van der Waals surface area contributed by atoms with Gasteiger partial charge in [0.1, 0.15) is 6.26 Å². The Labute approximate surface area is 133 Å². The summed E-state index contributed by atoms with van der Waals surface area (Å²) < 4.78 is 53.6. The molecule has 0 aliphatic carbocycles. The van der Waals surface area contributed by atoms with Crippen molar-refractivity contribution in [3.8, 4) is 0 Å². The van der Waals surface area contributed by atoms with Crippen molar-refractivity contribution in [3.63, 3.8) is 0 Å². The van der Waals surface area contributed by atoms with Gasteiger partial charge in [-0.15, -0.1) is 0 Å². The van der Waals surface area contributed by atoms with Crippen LogP contribution in [0.5, 0.6) is 0 Å². The van der Waals surface area contributed by atoms with Crippen LogP contribution in [0.15, 0.2) is 22.7 Å². The highest BCUT2D eigenvalue weighted by molar-refractivity contribution is 5.07. The fourth-order valence-electron chi connectivity index (χ4n) is 2.50. The van der Waals surface area contributed by atoms with Crippen molar-refractivity contribution in [1.29, 1.82) is 0 Å². The Kier molecular flexibility index (Phi) is 4.09. The molecule has 3 heterocycles. The Morgan fingerprint density at radius 1 is 1.46 bits per heavy atom. The molecule has 1 aromatic heterocycles.